The van der Waals surface area contributed by atoms with Crippen LogP contribution in [0, 0.1) is 0 Å². The molecule has 1 aromatic rings. The van der Waals surface area contributed by atoms with Crippen molar-refractivity contribution in [2.24, 2.45) is 0 Å². The summed E-state index contributed by atoms with van der Waals surface area (Å²) in [7, 11) is -3.48. The summed E-state index contributed by atoms with van der Waals surface area (Å²) in [5, 5.41) is 0. The van der Waals surface area contributed by atoms with Crippen molar-refractivity contribution < 1.29 is 17.9 Å². The van der Waals surface area contributed by atoms with Crippen molar-refractivity contribution >= 4 is 15.9 Å². The standard InChI is InChI=1S/C18H24N2O4S/c21-18(16-6-4-12-24-16)19-11-8-14-5-3-7-17(15(14)13-19)25(22,23)20-9-1-2-10-20/h3,5,7,16H,1-2,4,6,8-13H2/t16-/m1/s1. The topological polar surface area (TPSA) is 66.9 Å². The van der Waals surface area contributed by atoms with Crippen molar-refractivity contribution in [3.8, 4) is 0 Å². The summed E-state index contributed by atoms with van der Waals surface area (Å²) in [6.07, 6.45) is 3.84. The molecule has 136 valence electrons. The Morgan fingerprint density at radius 2 is 1.92 bits per heavy atom. The number of sulfonamides is 1. The van der Waals surface area contributed by atoms with Crippen LogP contribution in [0.4, 0.5) is 0 Å². The fourth-order valence-corrected chi connectivity index (χ4v) is 5.80. The van der Waals surface area contributed by atoms with Crippen LogP contribution in [0.2, 0.25) is 0 Å². The summed E-state index contributed by atoms with van der Waals surface area (Å²) < 4.78 is 33.2. The molecule has 0 aromatic heterocycles. The normalized spacial score (nSPS) is 24.5. The van der Waals surface area contributed by atoms with E-state index in [2.05, 4.69) is 0 Å². The second-order valence-electron chi connectivity index (χ2n) is 7.02. The summed E-state index contributed by atoms with van der Waals surface area (Å²) in [5.74, 6) is -0.00322. The van der Waals surface area contributed by atoms with Gasteiger partial charge >= 0.3 is 0 Å². The SMILES string of the molecule is O=C([C@H]1CCCO1)N1CCc2cccc(S(=O)(=O)N3CCCC3)c2C1. The average molecular weight is 364 g/mol. The van der Waals surface area contributed by atoms with Gasteiger partial charge in [0.2, 0.25) is 10.0 Å². The zero-order valence-electron chi connectivity index (χ0n) is 14.3. The third-order valence-electron chi connectivity index (χ3n) is 5.43. The molecule has 3 heterocycles. The van der Waals surface area contributed by atoms with Crippen molar-refractivity contribution in [2.75, 3.05) is 26.2 Å². The van der Waals surface area contributed by atoms with Gasteiger partial charge < -0.3 is 9.64 Å². The Bertz CT molecular complexity index is 765. The number of carbonyl (C=O) groups excluding carboxylic acids is 1. The van der Waals surface area contributed by atoms with Gasteiger partial charge in [-0.25, -0.2) is 8.42 Å². The molecule has 0 spiro atoms. The smallest absolute Gasteiger partial charge is 0.252 e. The van der Waals surface area contributed by atoms with Crippen molar-refractivity contribution in [1.29, 1.82) is 0 Å². The Balaban J connectivity index is 1.63. The molecular formula is C18H24N2O4S. The van der Waals surface area contributed by atoms with Gasteiger partial charge in [0, 0.05) is 32.8 Å². The summed E-state index contributed by atoms with van der Waals surface area (Å²) in [6, 6.07) is 5.48. The third-order valence-corrected chi connectivity index (χ3v) is 7.41. The number of carbonyl (C=O) groups is 1. The highest BCUT2D eigenvalue weighted by Gasteiger charge is 2.34. The molecule has 0 unspecified atom stereocenters. The second kappa shape index (κ2) is 6.70. The molecule has 7 heteroatoms. The highest BCUT2D eigenvalue weighted by Crippen LogP contribution is 2.30. The zero-order chi connectivity index (χ0) is 17.4. The summed E-state index contributed by atoms with van der Waals surface area (Å²) in [6.45, 7) is 2.79. The molecule has 1 aromatic carbocycles. The molecule has 2 fully saturated rings. The first kappa shape index (κ1) is 17.0. The maximum atomic E-state index is 13.0. The number of rotatable bonds is 3. The number of ether oxygens (including phenoxy) is 1. The molecule has 4 rings (SSSR count). The number of fused-ring (bicyclic) bond motifs is 1. The van der Waals surface area contributed by atoms with Crippen LogP contribution in [-0.2, 0) is 32.5 Å². The number of nitrogens with zero attached hydrogens (tertiary/aromatic N) is 2. The van der Waals surface area contributed by atoms with E-state index in [4.69, 9.17) is 4.74 Å². The largest absolute Gasteiger partial charge is 0.368 e. The van der Waals surface area contributed by atoms with Crippen molar-refractivity contribution in [2.45, 2.75) is 49.6 Å². The van der Waals surface area contributed by atoms with Gasteiger partial charge in [-0.2, -0.15) is 4.31 Å². The molecule has 3 aliphatic heterocycles. The number of hydrogen-bond donors (Lipinski definition) is 0. The average Bonchev–Trinajstić information content (AvgIpc) is 3.33. The predicted octanol–water partition coefficient (Wildman–Crippen LogP) is 1.53. The van der Waals surface area contributed by atoms with E-state index in [0.29, 0.717) is 44.1 Å². The molecule has 0 N–H and O–H groups in total. The van der Waals surface area contributed by atoms with Crippen LogP contribution in [0.1, 0.15) is 36.8 Å². The van der Waals surface area contributed by atoms with Crippen LogP contribution < -0.4 is 0 Å². The highest BCUT2D eigenvalue weighted by atomic mass is 32.2. The molecule has 0 radical (unpaired) electrons. The van der Waals surface area contributed by atoms with Gasteiger partial charge in [0.25, 0.3) is 5.91 Å². The van der Waals surface area contributed by atoms with Crippen LogP contribution in [0.25, 0.3) is 0 Å². The van der Waals surface area contributed by atoms with E-state index in [1.54, 1.807) is 15.3 Å². The van der Waals surface area contributed by atoms with E-state index in [0.717, 1.165) is 36.8 Å². The second-order valence-corrected chi connectivity index (χ2v) is 8.92. The van der Waals surface area contributed by atoms with Gasteiger partial charge in [-0.1, -0.05) is 12.1 Å². The van der Waals surface area contributed by atoms with Crippen molar-refractivity contribution in [3.05, 3.63) is 29.3 Å². The third kappa shape index (κ3) is 3.09. The lowest BCUT2D eigenvalue weighted by Crippen LogP contribution is -2.42. The molecule has 0 aliphatic carbocycles. The van der Waals surface area contributed by atoms with E-state index in [1.165, 1.54) is 0 Å². The number of amides is 1. The fourth-order valence-electron chi connectivity index (χ4n) is 4.02. The summed E-state index contributed by atoms with van der Waals surface area (Å²) >= 11 is 0. The van der Waals surface area contributed by atoms with Gasteiger partial charge in [0.05, 0.1) is 4.90 Å². The first-order valence-corrected chi connectivity index (χ1v) is 10.5. The van der Waals surface area contributed by atoms with E-state index < -0.39 is 10.0 Å². The van der Waals surface area contributed by atoms with Crippen LogP contribution in [0.3, 0.4) is 0 Å². The number of hydrogen-bond acceptors (Lipinski definition) is 4. The Hall–Kier alpha value is -1.44. The first-order valence-electron chi connectivity index (χ1n) is 9.09. The highest BCUT2D eigenvalue weighted by molar-refractivity contribution is 7.89. The van der Waals surface area contributed by atoms with Gasteiger partial charge in [-0.15, -0.1) is 0 Å². The van der Waals surface area contributed by atoms with Crippen molar-refractivity contribution in [3.63, 3.8) is 0 Å². The van der Waals surface area contributed by atoms with Crippen LogP contribution >= 0.6 is 0 Å². The molecule has 3 aliphatic rings. The lowest BCUT2D eigenvalue weighted by atomic mass is 9.99. The van der Waals surface area contributed by atoms with E-state index in [-0.39, 0.29) is 12.0 Å². The lowest BCUT2D eigenvalue weighted by Gasteiger charge is -2.32. The Morgan fingerprint density at radius 1 is 1.12 bits per heavy atom. The summed E-state index contributed by atoms with van der Waals surface area (Å²) in [4.78, 5) is 14.8. The molecule has 1 amide bonds. The first-order chi connectivity index (χ1) is 12.1. The predicted molar refractivity (Wildman–Crippen MR) is 92.5 cm³/mol. The van der Waals surface area contributed by atoms with Gasteiger partial charge in [0.15, 0.2) is 0 Å². The molecular weight excluding hydrogens is 340 g/mol. The van der Waals surface area contributed by atoms with Crippen LogP contribution in [0.15, 0.2) is 23.1 Å². The summed E-state index contributed by atoms with van der Waals surface area (Å²) in [5.41, 5.74) is 1.82. The maximum absolute atomic E-state index is 13.0. The monoisotopic (exact) mass is 364 g/mol. The van der Waals surface area contributed by atoms with E-state index in [1.807, 2.05) is 12.1 Å². The van der Waals surface area contributed by atoms with Crippen molar-refractivity contribution in [1.82, 2.24) is 9.21 Å². The lowest BCUT2D eigenvalue weighted by molar-refractivity contribution is -0.141. The van der Waals surface area contributed by atoms with Crippen LogP contribution in [-0.4, -0.2) is 55.9 Å². The Kier molecular flexibility index (Phi) is 4.56. The fraction of sp³-hybridized carbons (Fsp3) is 0.611. The number of benzene rings is 1. The molecule has 0 bridgehead atoms. The molecule has 2 saturated heterocycles. The van der Waals surface area contributed by atoms with E-state index in [9.17, 15) is 13.2 Å². The molecule has 1 atom stereocenters. The Labute approximate surface area is 148 Å². The Morgan fingerprint density at radius 3 is 2.64 bits per heavy atom. The minimum absolute atomic E-state index is 0.00322. The van der Waals surface area contributed by atoms with E-state index >= 15 is 0 Å². The molecule has 6 nitrogen and oxygen atoms in total. The minimum Gasteiger partial charge on any atom is -0.368 e. The quantitative estimate of drug-likeness (QED) is 0.816. The molecule has 0 saturated carbocycles. The van der Waals surface area contributed by atoms with Gasteiger partial charge in [-0.05, 0) is 49.3 Å². The maximum Gasteiger partial charge on any atom is 0.252 e. The zero-order valence-corrected chi connectivity index (χ0v) is 15.1. The van der Waals surface area contributed by atoms with Gasteiger partial charge in [-0.3, -0.25) is 4.79 Å². The van der Waals surface area contributed by atoms with Crippen LogP contribution in [0.5, 0.6) is 0 Å². The van der Waals surface area contributed by atoms with Gasteiger partial charge in [0.1, 0.15) is 6.10 Å². The molecule has 25 heavy (non-hydrogen) atoms. The minimum atomic E-state index is -3.48.